The summed E-state index contributed by atoms with van der Waals surface area (Å²) in [6.07, 6.45) is 1.80. The summed E-state index contributed by atoms with van der Waals surface area (Å²) in [4.78, 5) is 25.1. The molecular weight excluding hydrogens is 444 g/mol. The summed E-state index contributed by atoms with van der Waals surface area (Å²) in [6, 6.07) is 17.2. The number of hydrogen-bond donors (Lipinski definition) is 0. The molecule has 0 aliphatic carbocycles. The van der Waals surface area contributed by atoms with Gasteiger partial charge in [-0.05, 0) is 54.5 Å². The van der Waals surface area contributed by atoms with Gasteiger partial charge in [0, 0.05) is 29.8 Å². The number of carbonyl (C=O) groups is 1. The van der Waals surface area contributed by atoms with Crippen LogP contribution in [-0.2, 0) is 11.4 Å². The minimum Gasteiger partial charge on any atom is -0.493 e. The number of nitrogens with zero attached hydrogens (tertiary/aromatic N) is 2. The Bertz CT molecular complexity index is 1250. The van der Waals surface area contributed by atoms with Gasteiger partial charge in [-0.2, -0.15) is 0 Å². The van der Waals surface area contributed by atoms with E-state index in [9.17, 15) is 14.9 Å². The fourth-order valence-corrected chi connectivity index (χ4v) is 4.03. The number of rotatable bonds is 7. The second-order valence-electron chi connectivity index (χ2n) is 7.37. The molecule has 168 valence electrons. The van der Waals surface area contributed by atoms with E-state index in [1.165, 1.54) is 19.2 Å². The third-order valence-corrected chi connectivity index (χ3v) is 5.65. The number of benzene rings is 3. The molecule has 0 atom stereocenters. The number of anilines is 1. The second kappa shape index (κ2) is 9.34. The topological polar surface area (TPSA) is 81.9 Å². The number of amides is 1. The molecule has 3 aromatic carbocycles. The lowest BCUT2D eigenvalue weighted by Gasteiger charge is -2.14. The van der Waals surface area contributed by atoms with Gasteiger partial charge in [-0.3, -0.25) is 14.9 Å². The van der Waals surface area contributed by atoms with E-state index in [-0.39, 0.29) is 18.2 Å². The molecule has 0 unspecified atom stereocenters. The van der Waals surface area contributed by atoms with Crippen molar-refractivity contribution in [3.8, 4) is 11.5 Å². The van der Waals surface area contributed by atoms with Gasteiger partial charge in [-0.25, -0.2) is 0 Å². The summed E-state index contributed by atoms with van der Waals surface area (Å²) in [5, 5.41) is 11.1. The SMILES string of the molecule is CCN1C(=O)/C(=C\c2cc(Cl)c(OCc3ccc([N+](=O)[O-])cc3)c(OC)c2)c2ccccc21. The van der Waals surface area contributed by atoms with Crippen LogP contribution in [0.2, 0.25) is 5.02 Å². The predicted molar refractivity (Wildman–Crippen MR) is 128 cm³/mol. The normalized spacial score (nSPS) is 13.8. The molecular formula is C25H21ClN2O5. The molecule has 0 aromatic heterocycles. The fraction of sp³-hybridized carbons (Fsp3) is 0.160. The maximum absolute atomic E-state index is 13.0. The molecule has 33 heavy (non-hydrogen) atoms. The highest BCUT2D eigenvalue weighted by Gasteiger charge is 2.30. The zero-order chi connectivity index (χ0) is 23.5. The molecule has 0 spiro atoms. The Hall–Kier alpha value is -3.84. The van der Waals surface area contributed by atoms with E-state index < -0.39 is 4.92 Å². The van der Waals surface area contributed by atoms with Crippen LogP contribution in [0.4, 0.5) is 11.4 Å². The van der Waals surface area contributed by atoms with Gasteiger partial charge in [0.25, 0.3) is 11.6 Å². The quantitative estimate of drug-likeness (QED) is 0.253. The number of ether oxygens (including phenoxy) is 2. The summed E-state index contributed by atoms with van der Waals surface area (Å²) in [7, 11) is 1.51. The van der Waals surface area contributed by atoms with Crippen LogP contribution in [0.3, 0.4) is 0 Å². The zero-order valence-electron chi connectivity index (χ0n) is 18.1. The Labute approximate surface area is 196 Å². The maximum atomic E-state index is 13.0. The highest BCUT2D eigenvalue weighted by Crippen LogP contribution is 2.41. The van der Waals surface area contributed by atoms with Gasteiger partial charge in [-0.15, -0.1) is 0 Å². The van der Waals surface area contributed by atoms with E-state index in [2.05, 4.69) is 0 Å². The van der Waals surface area contributed by atoms with E-state index in [1.807, 2.05) is 31.2 Å². The molecule has 0 N–H and O–H groups in total. The summed E-state index contributed by atoms with van der Waals surface area (Å²) < 4.78 is 11.3. The average Bonchev–Trinajstić information content (AvgIpc) is 3.08. The maximum Gasteiger partial charge on any atom is 0.269 e. The largest absolute Gasteiger partial charge is 0.493 e. The van der Waals surface area contributed by atoms with Gasteiger partial charge in [0.05, 0.1) is 22.7 Å². The van der Waals surface area contributed by atoms with Crippen LogP contribution in [0, 0.1) is 10.1 Å². The van der Waals surface area contributed by atoms with Crippen LogP contribution in [-0.4, -0.2) is 24.5 Å². The standard InChI is InChI=1S/C25H21ClN2O5/c1-3-27-22-7-5-4-6-19(22)20(25(27)29)12-17-13-21(26)24(23(14-17)32-2)33-15-16-8-10-18(11-9-16)28(30)31/h4-14H,3,15H2,1-2H3/b20-12-. The number of nitro benzene ring substituents is 1. The Morgan fingerprint density at radius 2 is 1.85 bits per heavy atom. The number of halogens is 1. The van der Waals surface area contributed by atoms with Gasteiger partial charge < -0.3 is 14.4 Å². The Balaban J connectivity index is 1.62. The minimum absolute atomic E-state index is 0.0106. The molecule has 0 saturated heterocycles. The smallest absolute Gasteiger partial charge is 0.269 e. The fourth-order valence-electron chi connectivity index (χ4n) is 3.76. The second-order valence-corrected chi connectivity index (χ2v) is 7.78. The van der Waals surface area contributed by atoms with Gasteiger partial charge in [0.2, 0.25) is 0 Å². The first kappa shape index (κ1) is 22.4. The lowest BCUT2D eigenvalue weighted by atomic mass is 10.0. The zero-order valence-corrected chi connectivity index (χ0v) is 18.8. The highest BCUT2D eigenvalue weighted by atomic mass is 35.5. The van der Waals surface area contributed by atoms with E-state index >= 15 is 0 Å². The van der Waals surface area contributed by atoms with Crippen molar-refractivity contribution in [2.24, 2.45) is 0 Å². The Kier molecular flexibility index (Phi) is 6.33. The molecule has 1 aliphatic rings. The molecule has 1 heterocycles. The molecule has 0 fully saturated rings. The molecule has 8 heteroatoms. The molecule has 0 radical (unpaired) electrons. The van der Waals surface area contributed by atoms with Gasteiger partial charge in [-0.1, -0.05) is 29.8 Å². The third-order valence-electron chi connectivity index (χ3n) is 5.37. The van der Waals surface area contributed by atoms with Gasteiger partial charge in [0.15, 0.2) is 11.5 Å². The van der Waals surface area contributed by atoms with Gasteiger partial charge in [0.1, 0.15) is 6.61 Å². The van der Waals surface area contributed by atoms with E-state index in [1.54, 1.807) is 35.2 Å². The number of hydrogen-bond acceptors (Lipinski definition) is 5. The van der Waals surface area contributed by atoms with E-state index in [0.717, 1.165) is 16.8 Å². The van der Waals surface area contributed by atoms with E-state index in [0.29, 0.717) is 34.2 Å². The summed E-state index contributed by atoms with van der Waals surface area (Å²) in [6.45, 7) is 2.67. The first-order valence-corrected chi connectivity index (χ1v) is 10.7. The van der Waals surface area contributed by atoms with Crippen molar-refractivity contribution in [1.82, 2.24) is 0 Å². The van der Waals surface area contributed by atoms with Crippen LogP contribution in [0.5, 0.6) is 11.5 Å². The first-order chi connectivity index (χ1) is 15.9. The van der Waals surface area contributed by atoms with Crippen molar-refractivity contribution >= 4 is 40.5 Å². The van der Waals surface area contributed by atoms with Crippen molar-refractivity contribution < 1.29 is 19.2 Å². The highest BCUT2D eigenvalue weighted by molar-refractivity contribution is 6.36. The summed E-state index contributed by atoms with van der Waals surface area (Å²) >= 11 is 6.51. The predicted octanol–water partition coefficient (Wildman–Crippen LogP) is 5.74. The minimum atomic E-state index is -0.453. The van der Waals surface area contributed by atoms with Crippen molar-refractivity contribution in [3.63, 3.8) is 0 Å². The molecule has 7 nitrogen and oxygen atoms in total. The number of methoxy groups -OCH3 is 1. The Morgan fingerprint density at radius 3 is 2.52 bits per heavy atom. The number of non-ortho nitro benzene ring substituents is 1. The Morgan fingerprint density at radius 1 is 1.12 bits per heavy atom. The molecule has 4 rings (SSSR count). The third kappa shape index (κ3) is 4.40. The molecule has 0 bridgehead atoms. The van der Waals surface area contributed by atoms with Gasteiger partial charge >= 0.3 is 0 Å². The summed E-state index contributed by atoms with van der Waals surface area (Å²) in [5.41, 5.74) is 3.81. The van der Waals surface area contributed by atoms with Crippen LogP contribution < -0.4 is 14.4 Å². The van der Waals surface area contributed by atoms with Crippen molar-refractivity contribution in [1.29, 1.82) is 0 Å². The average molecular weight is 465 g/mol. The first-order valence-electron chi connectivity index (χ1n) is 10.3. The van der Waals surface area contributed by atoms with Crippen molar-refractivity contribution in [3.05, 3.63) is 92.5 Å². The number of likely N-dealkylation sites (N-methyl/N-ethyl adjacent to an activating group) is 1. The van der Waals surface area contributed by atoms with Crippen LogP contribution in [0.25, 0.3) is 11.6 Å². The van der Waals surface area contributed by atoms with Crippen molar-refractivity contribution in [2.75, 3.05) is 18.6 Å². The molecule has 1 aliphatic heterocycles. The molecule has 1 amide bonds. The van der Waals surface area contributed by atoms with Crippen LogP contribution >= 0.6 is 11.6 Å². The monoisotopic (exact) mass is 464 g/mol. The van der Waals surface area contributed by atoms with Crippen LogP contribution in [0.1, 0.15) is 23.6 Å². The van der Waals surface area contributed by atoms with Crippen LogP contribution in [0.15, 0.2) is 60.7 Å². The number of nitro groups is 1. The lowest BCUT2D eigenvalue weighted by Crippen LogP contribution is -2.25. The molecule has 3 aromatic rings. The van der Waals surface area contributed by atoms with Crippen molar-refractivity contribution in [2.45, 2.75) is 13.5 Å². The number of para-hydroxylation sites is 1. The number of carbonyl (C=O) groups excluding carboxylic acids is 1. The number of fused-ring (bicyclic) bond motifs is 1. The summed E-state index contributed by atoms with van der Waals surface area (Å²) in [5.74, 6) is 0.711. The molecule has 0 saturated carbocycles. The van der Waals surface area contributed by atoms with E-state index in [4.69, 9.17) is 21.1 Å². The lowest BCUT2D eigenvalue weighted by molar-refractivity contribution is -0.384.